The van der Waals surface area contributed by atoms with E-state index in [9.17, 15) is 27.9 Å². The third-order valence-corrected chi connectivity index (χ3v) is 4.75. The Morgan fingerprint density at radius 2 is 1.82 bits per heavy atom. The van der Waals surface area contributed by atoms with E-state index in [0.717, 1.165) is 0 Å². The number of rotatable bonds is 7. The molecule has 1 aromatic heterocycles. The Labute approximate surface area is 185 Å². The Hall–Kier alpha value is -4.06. The van der Waals surface area contributed by atoms with Crippen LogP contribution in [0.2, 0.25) is 0 Å². The topological polar surface area (TPSA) is 145 Å². The second-order valence-corrected chi connectivity index (χ2v) is 6.91. The molecule has 0 bridgehead atoms. The molecule has 3 aromatic rings. The Morgan fingerprint density at radius 3 is 2.39 bits per heavy atom. The number of anilines is 1. The summed E-state index contributed by atoms with van der Waals surface area (Å²) in [5.41, 5.74) is 11.5. The van der Waals surface area contributed by atoms with E-state index in [2.05, 4.69) is 10.4 Å². The number of para-hydroxylation sites is 1. The zero-order chi connectivity index (χ0) is 24.3. The average Bonchev–Trinajstić information content (AvgIpc) is 3.13. The van der Waals surface area contributed by atoms with Gasteiger partial charge in [-0.25, -0.2) is 4.68 Å². The highest BCUT2D eigenvalue weighted by atomic mass is 19.4. The van der Waals surface area contributed by atoms with Crippen molar-refractivity contribution >= 4 is 17.6 Å². The first-order valence-electron chi connectivity index (χ1n) is 9.47. The molecule has 1 heterocycles. The van der Waals surface area contributed by atoms with E-state index in [-0.39, 0.29) is 28.4 Å². The monoisotopic (exact) mass is 463 g/mol. The van der Waals surface area contributed by atoms with Gasteiger partial charge in [-0.05, 0) is 17.7 Å². The van der Waals surface area contributed by atoms with Crippen molar-refractivity contribution in [3.8, 4) is 17.0 Å². The number of nitrogens with zero attached hydrogens (tertiary/aromatic N) is 2. The number of ether oxygens (including phenoxy) is 1. The molecule has 2 aromatic carbocycles. The Morgan fingerprint density at radius 1 is 1.18 bits per heavy atom. The highest BCUT2D eigenvalue weighted by molar-refractivity contribution is 6.03. The van der Waals surface area contributed by atoms with E-state index >= 15 is 0 Å². The smallest absolute Gasteiger partial charge is 0.435 e. The molecule has 0 aliphatic carbocycles. The largest absolute Gasteiger partial charge is 0.496 e. The maximum absolute atomic E-state index is 12.9. The van der Waals surface area contributed by atoms with Crippen LogP contribution in [0.1, 0.15) is 32.5 Å². The normalized spacial score (nSPS) is 12.3. The molecule has 0 radical (unpaired) electrons. The minimum absolute atomic E-state index is 0.0941. The maximum Gasteiger partial charge on any atom is 0.435 e. The van der Waals surface area contributed by atoms with Crippen LogP contribution in [0.3, 0.4) is 0 Å². The highest BCUT2D eigenvalue weighted by Crippen LogP contribution is 2.34. The van der Waals surface area contributed by atoms with Crippen molar-refractivity contribution in [2.24, 2.45) is 5.73 Å². The van der Waals surface area contributed by atoms with Crippen molar-refractivity contribution in [3.05, 3.63) is 65.2 Å². The molecule has 0 spiro atoms. The number of carbonyl (C=O) groups is 2. The van der Waals surface area contributed by atoms with E-state index in [0.29, 0.717) is 16.9 Å². The van der Waals surface area contributed by atoms with E-state index in [1.165, 1.54) is 19.2 Å². The van der Waals surface area contributed by atoms with Crippen LogP contribution in [0.5, 0.6) is 5.75 Å². The van der Waals surface area contributed by atoms with Gasteiger partial charge >= 0.3 is 6.18 Å². The zero-order valence-corrected chi connectivity index (χ0v) is 17.3. The van der Waals surface area contributed by atoms with Gasteiger partial charge < -0.3 is 26.6 Å². The summed E-state index contributed by atoms with van der Waals surface area (Å²) in [5, 5.41) is 15.9. The van der Waals surface area contributed by atoms with E-state index in [4.69, 9.17) is 16.2 Å². The summed E-state index contributed by atoms with van der Waals surface area (Å²) in [6.07, 6.45) is -8.11. The minimum Gasteiger partial charge on any atom is -0.496 e. The molecule has 33 heavy (non-hydrogen) atoms. The first-order valence-corrected chi connectivity index (χ1v) is 9.47. The number of amides is 2. The predicted molar refractivity (Wildman–Crippen MR) is 112 cm³/mol. The number of nitrogens with one attached hydrogen (secondary N) is 1. The van der Waals surface area contributed by atoms with E-state index in [1.807, 2.05) is 0 Å². The number of nitrogens with two attached hydrogens (primary N) is 2. The van der Waals surface area contributed by atoms with Gasteiger partial charge in [-0.2, -0.15) is 18.3 Å². The lowest BCUT2D eigenvalue weighted by Crippen LogP contribution is -2.28. The number of aliphatic hydroxyl groups is 1. The Kier molecular flexibility index (Phi) is 6.58. The molecule has 1 unspecified atom stereocenters. The first kappa shape index (κ1) is 23.6. The number of nitrogen functional groups attached to an aromatic ring is 1. The van der Waals surface area contributed by atoms with E-state index < -0.39 is 29.7 Å². The minimum atomic E-state index is -5.06. The number of alkyl halides is 3. The lowest BCUT2D eigenvalue weighted by atomic mass is 10.0. The molecule has 12 heteroatoms. The molecule has 0 aliphatic heterocycles. The second-order valence-electron chi connectivity index (χ2n) is 6.91. The van der Waals surface area contributed by atoms with Gasteiger partial charge in [0.25, 0.3) is 11.8 Å². The van der Waals surface area contributed by atoms with Gasteiger partial charge in [0.2, 0.25) is 6.23 Å². The average molecular weight is 463 g/mol. The number of benzene rings is 2. The summed E-state index contributed by atoms with van der Waals surface area (Å²) in [6, 6.07) is 12.8. The lowest BCUT2D eigenvalue weighted by molar-refractivity contribution is -0.234. The summed E-state index contributed by atoms with van der Waals surface area (Å²) < 4.78 is 44.0. The van der Waals surface area contributed by atoms with Crippen LogP contribution >= 0.6 is 0 Å². The van der Waals surface area contributed by atoms with Crippen LogP contribution in [-0.4, -0.2) is 40.0 Å². The number of primary amides is 1. The fourth-order valence-electron chi connectivity index (χ4n) is 3.11. The van der Waals surface area contributed by atoms with Gasteiger partial charge in [0.15, 0.2) is 0 Å². The van der Waals surface area contributed by atoms with Crippen molar-refractivity contribution in [1.29, 1.82) is 0 Å². The fraction of sp³-hybridized carbons (Fsp3) is 0.190. The van der Waals surface area contributed by atoms with Crippen LogP contribution in [0.25, 0.3) is 11.3 Å². The van der Waals surface area contributed by atoms with Crippen LogP contribution in [0.15, 0.2) is 48.5 Å². The molecule has 6 N–H and O–H groups in total. The molecule has 1 atom stereocenters. The summed E-state index contributed by atoms with van der Waals surface area (Å²) >= 11 is 0. The maximum atomic E-state index is 12.9. The third kappa shape index (κ3) is 4.90. The molecule has 0 saturated carbocycles. The summed E-state index contributed by atoms with van der Waals surface area (Å²) in [5.74, 6) is -1.76. The standard InChI is InChI=1S/C21H20F3N5O4/c1-33-14-5-3-2-4-13(14)19(31)27-10-11-6-8-12(9-7-11)16-15(18(26)30)17(25)29(28-16)20(32)21(22,23)24/h2-9,20,32H,10,25H2,1H3,(H2,26,30)(H,27,31). The molecule has 9 nitrogen and oxygen atoms in total. The molecule has 0 aliphatic rings. The number of aliphatic hydroxyl groups excluding tert-OH is 1. The Balaban J connectivity index is 1.82. The van der Waals surface area contributed by atoms with Crippen molar-refractivity contribution < 1.29 is 32.6 Å². The van der Waals surface area contributed by atoms with Crippen LogP contribution < -0.4 is 21.5 Å². The molecule has 0 fully saturated rings. The van der Waals surface area contributed by atoms with Gasteiger partial charge in [0.05, 0.1) is 12.7 Å². The number of aromatic nitrogens is 2. The molecular weight excluding hydrogens is 443 g/mol. The number of hydrogen-bond acceptors (Lipinski definition) is 6. The van der Waals surface area contributed by atoms with E-state index in [1.54, 1.807) is 36.4 Å². The van der Waals surface area contributed by atoms with Crippen LogP contribution in [0.4, 0.5) is 19.0 Å². The van der Waals surface area contributed by atoms with Crippen molar-refractivity contribution in [1.82, 2.24) is 15.1 Å². The fourth-order valence-corrected chi connectivity index (χ4v) is 3.11. The quantitative estimate of drug-likeness (QED) is 0.423. The third-order valence-electron chi connectivity index (χ3n) is 4.75. The molecule has 174 valence electrons. The number of halogens is 3. The number of methoxy groups -OCH3 is 1. The SMILES string of the molecule is COc1ccccc1C(=O)NCc1ccc(-c2nn(C(O)C(F)(F)F)c(N)c2C(N)=O)cc1. The number of hydrogen-bond donors (Lipinski definition) is 4. The second kappa shape index (κ2) is 9.20. The Bertz CT molecular complexity index is 1180. The molecule has 2 amide bonds. The summed E-state index contributed by atoms with van der Waals surface area (Å²) in [7, 11) is 1.45. The summed E-state index contributed by atoms with van der Waals surface area (Å²) in [4.78, 5) is 24.2. The van der Waals surface area contributed by atoms with Crippen molar-refractivity contribution in [2.45, 2.75) is 18.9 Å². The molecule has 3 rings (SSSR count). The van der Waals surface area contributed by atoms with Gasteiger partial charge in [0, 0.05) is 12.1 Å². The van der Waals surface area contributed by atoms with Crippen LogP contribution in [0, 0.1) is 0 Å². The van der Waals surface area contributed by atoms with Crippen molar-refractivity contribution in [2.75, 3.05) is 12.8 Å². The highest BCUT2D eigenvalue weighted by Gasteiger charge is 2.42. The van der Waals surface area contributed by atoms with Gasteiger partial charge in [-0.3, -0.25) is 9.59 Å². The van der Waals surface area contributed by atoms with Gasteiger partial charge in [0.1, 0.15) is 22.8 Å². The van der Waals surface area contributed by atoms with Gasteiger partial charge in [-0.1, -0.05) is 36.4 Å². The van der Waals surface area contributed by atoms with Gasteiger partial charge in [-0.15, -0.1) is 0 Å². The summed E-state index contributed by atoms with van der Waals surface area (Å²) in [6.45, 7) is 0.142. The van der Waals surface area contributed by atoms with Crippen molar-refractivity contribution in [3.63, 3.8) is 0 Å². The first-order chi connectivity index (χ1) is 15.5. The lowest BCUT2D eigenvalue weighted by Gasteiger charge is -2.15. The number of carbonyl (C=O) groups excluding carboxylic acids is 2. The predicted octanol–water partition coefficient (Wildman–Crippen LogP) is 2.22. The molecular formula is C21H20F3N5O4. The van der Waals surface area contributed by atoms with Crippen LogP contribution in [-0.2, 0) is 6.54 Å². The molecule has 0 saturated heterocycles. The zero-order valence-electron chi connectivity index (χ0n) is 17.3.